The van der Waals surface area contributed by atoms with E-state index in [0.29, 0.717) is 53.6 Å². The summed E-state index contributed by atoms with van der Waals surface area (Å²) < 4.78 is 30.0. The van der Waals surface area contributed by atoms with E-state index in [0.717, 1.165) is 11.3 Å². The molecule has 2 aromatic carbocycles. The Hall–Kier alpha value is -4.69. The number of ether oxygens (including phenoxy) is 4. The van der Waals surface area contributed by atoms with Crippen LogP contribution in [0.4, 0.5) is 5.69 Å². The second-order valence-corrected chi connectivity index (χ2v) is 11.2. The first-order chi connectivity index (χ1) is 21.1. The molecule has 0 unspecified atom stereocenters. The van der Waals surface area contributed by atoms with Crippen molar-refractivity contribution >= 4 is 45.0 Å². The predicted molar refractivity (Wildman–Crippen MR) is 165 cm³/mol. The summed E-state index contributed by atoms with van der Waals surface area (Å²) in [6.45, 7) is 3.54. The molecule has 0 N–H and O–H groups in total. The predicted octanol–water partition coefficient (Wildman–Crippen LogP) is 4.75. The first kappa shape index (κ1) is 30.8. The number of hydrogen-bond donors (Lipinski definition) is 0. The Kier molecular flexibility index (Phi) is 8.74. The fourth-order valence-electron chi connectivity index (χ4n) is 4.87. The highest BCUT2D eigenvalue weighted by Crippen LogP contribution is 2.41. The van der Waals surface area contributed by atoms with Crippen LogP contribution < -0.4 is 29.1 Å². The standard InChI is InChI=1S/C30H26BrN3O9S/c1-6-42-29(36)26-15(2)32-30-33(27(26)19-13-23(40-4)24(41-5)14-20(19)31)28(35)25(44-30)12-17-8-10-21(43-17)18-9-7-16(34(37)38)11-22(18)39-3/h7-14,27H,6H2,1-5H3/b25-12-/t27-/m0/s1. The Morgan fingerprint density at radius 3 is 2.48 bits per heavy atom. The number of aromatic nitrogens is 1. The molecule has 14 heteroatoms. The molecule has 5 rings (SSSR count). The fraction of sp³-hybridized carbons (Fsp3) is 0.233. The summed E-state index contributed by atoms with van der Waals surface area (Å²) in [5.74, 6) is 1.30. The SMILES string of the molecule is CCOC(=O)C1=C(C)N=c2s/c(=C\c3ccc(-c4ccc([N+](=O)[O-])cc4OC)o3)c(=O)n2[C@H]1c1cc(OC)c(OC)cc1Br. The minimum absolute atomic E-state index is 0.119. The van der Waals surface area contributed by atoms with Crippen LogP contribution in [0.5, 0.6) is 17.2 Å². The second kappa shape index (κ2) is 12.5. The molecule has 0 bridgehead atoms. The highest BCUT2D eigenvalue weighted by Gasteiger charge is 2.35. The zero-order valence-electron chi connectivity index (χ0n) is 24.2. The number of esters is 1. The van der Waals surface area contributed by atoms with Gasteiger partial charge in [-0.25, -0.2) is 9.79 Å². The van der Waals surface area contributed by atoms with Crippen LogP contribution in [-0.4, -0.2) is 43.4 Å². The zero-order valence-corrected chi connectivity index (χ0v) is 26.6. The number of benzene rings is 2. The van der Waals surface area contributed by atoms with Crippen LogP contribution in [0.2, 0.25) is 0 Å². The molecule has 0 fully saturated rings. The number of nitro groups is 1. The maximum Gasteiger partial charge on any atom is 0.338 e. The molecule has 4 aromatic rings. The van der Waals surface area contributed by atoms with Gasteiger partial charge in [0.15, 0.2) is 16.3 Å². The van der Waals surface area contributed by atoms with E-state index in [1.165, 1.54) is 44.1 Å². The van der Waals surface area contributed by atoms with Crippen LogP contribution in [0, 0.1) is 10.1 Å². The minimum atomic E-state index is -0.891. The van der Waals surface area contributed by atoms with E-state index in [9.17, 15) is 19.7 Å². The fourth-order valence-corrected chi connectivity index (χ4v) is 6.43. The molecular weight excluding hydrogens is 658 g/mol. The van der Waals surface area contributed by atoms with Crippen molar-refractivity contribution in [1.29, 1.82) is 0 Å². The summed E-state index contributed by atoms with van der Waals surface area (Å²) in [4.78, 5) is 42.9. The summed E-state index contributed by atoms with van der Waals surface area (Å²) in [6.07, 6.45) is 1.58. The zero-order chi connectivity index (χ0) is 31.7. The molecule has 12 nitrogen and oxygen atoms in total. The molecule has 2 aromatic heterocycles. The number of hydrogen-bond acceptors (Lipinski definition) is 11. The van der Waals surface area contributed by atoms with E-state index in [1.54, 1.807) is 44.2 Å². The van der Waals surface area contributed by atoms with Crippen molar-refractivity contribution in [2.45, 2.75) is 19.9 Å². The third kappa shape index (κ3) is 5.53. The highest BCUT2D eigenvalue weighted by atomic mass is 79.9. The van der Waals surface area contributed by atoms with E-state index in [2.05, 4.69) is 20.9 Å². The third-order valence-corrected chi connectivity index (χ3v) is 8.55. The number of thiazole rings is 1. The first-order valence-corrected chi connectivity index (χ1v) is 14.8. The summed E-state index contributed by atoms with van der Waals surface area (Å²) in [5.41, 5.74) is 1.18. The number of nitro benzene ring substituents is 1. The Balaban J connectivity index is 1.66. The van der Waals surface area contributed by atoms with Gasteiger partial charge in [-0.15, -0.1) is 0 Å². The number of fused-ring (bicyclic) bond motifs is 1. The van der Waals surface area contributed by atoms with Gasteiger partial charge in [0, 0.05) is 16.6 Å². The number of carbonyl (C=O) groups is 1. The van der Waals surface area contributed by atoms with Crippen molar-refractivity contribution in [3.63, 3.8) is 0 Å². The topological polar surface area (TPSA) is 145 Å². The lowest BCUT2D eigenvalue weighted by Crippen LogP contribution is -2.40. The van der Waals surface area contributed by atoms with E-state index in [-0.39, 0.29) is 23.6 Å². The van der Waals surface area contributed by atoms with E-state index in [4.69, 9.17) is 23.4 Å². The maximum atomic E-state index is 14.0. The monoisotopic (exact) mass is 683 g/mol. The molecule has 0 amide bonds. The summed E-state index contributed by atoms with van der Waals surface area (Å²) in [5, 5.41) is 11.2. The number of furan rings is 1. The number of carbonyl (C=O) groups excluding carboxylic acids is 1. The summed E-state index contributed by atoms with van der Waals surface area (Å²) in [6, 6.07) is 10.1. The third-order valence-electron chi connectivity index (χ3n) is 6.88. The highest BCUT2D eigenvalue weighted by molar-refractivity contribution is 9.10. The quantitative estimate of drug-likeness (QED) is 0.139. The van der Waals surface area contributed by atoms with Crippen LogP contribution in [0.25, 0.3) is 17.4 Å². The van der Waals surface area contributed by atoms with Crippen LogP contribution in [0.3, 0.4) is 0 Å². The van der Waals surface area contributed by atoms with Gasteiger partial charge in [0.25, 0.3) is 11.2 Å². The van der Waals surface area contributed by atoms with Crippen molar-refractivity contribution in [2.24, 2.45) is 4.99 Å². The normalized spacial score (nSPS) is 14.6. The molecule has 0 spiro atoms. The molecule has 1 aliphatic rings. The van der Waals surface area contributed by atoms with E-state index >= 15 is 0 Å². The molecular formula is C30H26BrN3O9S. The molecule has 228 valence electrons. The molecule has 44 heavy (non-hydrogen) atoms. The van der Waals surface area contributed by atoms with Gasteiger partial charge in [0.05, 0.1) is 66.3 Å². The lowest BCUT2D eigenvalue weighted by atomic mass is 9.95. The van der Waals surface area contributed by atoms with Crippen molar-refractivity contribution in [3.8, 4) is 28.6 Å². The molecule has 1 atom stereocenters. The van der Waals surface area contributed by atoms with Gasteiger partial charge < -0.3 is 23.4 Å². The second-order valence-electron chi connectivity index (χ2n) is 9.37. The van der Waals surface area contributed by atoms with Gasteiger partial charge in [0.1, 0.15) is 17.3 Å². The van der Waals surface area contributed by atoms with Crippen LogP contribution in [0.1, 0.15) is 31.2 Å². The van der Waals surface area contributed by atoms with Gasteiger partial charge in [-0.2, -0.15) is 0 Å². The van der Waals surface area contributed by atoms with E-state index in [1.807, 2.05) is 0 Å². The Morgan fingerprint density at radius 2 is 1.82 bits per heavy atom. The maximum absolute atomic E-state index is 14.0. The smallest absolute Gasteiger partial charge is 0.338 e. The van der Waals surface area contributed by atoms with Gasteiger partial charge in [-0.05, 0) is 49.7 Å². The van der Waals surface area contributed by atoms with Gasteiger partial charge in [0.2, 0.25) is 0 Å². The Labute approximate surface area is 262 Å². The van der Waals surface area contributed by atoms with Crippen molar-refractivity contribution in [1.82, 2.24) is 4.57 Å². The van der Waals surface area contributed by atoms with Gasteiger partial charge in [-0.1, -0.05) is 27.3 Å². The molecule has 0 radical (unpaired) electrons. The summed E-state index contributed by atoms with van der Waals surface area (Å²) >= 11 is 4.72. The minimum Gasteiger partial charge on any atom is -0.496 e. The number of rotatable bonds is 9. The largest absolute Gasteiger partial charge is 0.496 e. The average molecular weight is 685 g/mol. The number of halogens is 1. The van der Waals surface area contributed by atoms with E-state index < -0.39 is 22.5 Å². The number of allylic oxidation sites excluding steroid dienone is 1. The number of nitrogens with zero attached hydrogens (tertiary/aromatic N) is 3. The van der Waals surface area contributed by atoms with Crippen molar-refractivity contribution in [2.75, 3.05) is 27.9 Å². The Bertz CT molecular complexity index is 2010. The molecule has 0 aliphatic carbocycles. The average Bonchev–Trinajstić information content (AvgIpc) is 3.59. The van der Waals surface area contributed by atoms with Crippen LogP contribution >= 0.6 is 27.3 Å². The molecule has 1 aliphatic heterocycles. The van der Waals surface area contributed by atoms with Crippen molar-refractivity contribution < 1.29 is 33.1 Å². The number of non-ortho nitro benzene ring substituents is 1. The van der Waals surface area contributed by atoms with Crippen LogP contribution in [0.15, 0.2) is 72.4 Å². The molecule has 0 saturated carbocycles. The first-order valence-electron chi connectivity index (χ1n) is 13.2. The van der Waals surface area contributed by atoms with Crippen LogP contribution in [-0.2, 0) is 9.53 Å². The van der Waals surface area contributed by atoms with Gasteiger partial charge >= 0.3 is 5.97 Å². The lowest BCUT2D eigenvalue weighted by molar-refractivity contribution is -0.384. The molecule has 0 saturated heterocycles. The van der Waals surface area contributed by atoms with Crippen molar-refractivity contribution in [3.05, 3.63) is 99.3 Å². The lowest BCUT2D eigenvalue weighted by Gasteiger charge is -2.26. The number of methoxy groups -OCH3 is 3. The Morgan fingerprint density at radius 1 is 1.11 bits per heavy atom. The molecule has 3 heterocycles. The van der Waals surface area contributed by atoms with Gasteiger partial charge in [-0.3, -0.25) is 19.5 Å². The summed E-state index contributed by atoms with van der Waals surface area (Å²) in [7, 11) is 4.42.